The molecular formula is C21H24N2O3S. The summed E-state index contributed by atoms with van der Waals surface area (Å²) in [6, 6.07) is 13.6. The summed E-state index contributed by atoms with van der Waals surface area (Å²) in [5.41, 5.74) is 0.836. The third kappa shape index (κ3) is 4.34. The minimum atomic E-state index is -0.208. The van der Waals surface area contributed by atoms with Crippen LogP contribution in [-0.4, -0.2) is 30.2 Å². The summed E-state index contributed by atoms with van der Waals surface area (Å²) >= 11 is 1.66. The number of fused-ring (bicyclic) bond motifs is 1. The molecule has 0 bridgehead atoms. The Balaban J connectivity index is 1.45. The van der Waals surface area contributed by atoms with Gasteiger partial charge in [-0.05, 0) is 43.3 Å². The van der Waals surface area contributed by atoms with E-state index < -0.39 is 0 Å². The minimum Gasteiger partial charge on any atom is -0.459 e. The smallest absolute Gasteiger partial charge is 0.318 e. The normalized spacial score (nSPS) is 17.9. The molecule has 2 aromatic heterocycles. The molecule has 2 unspecified atom stereocenters. The standard InChI is InChI=1S/C21H24N2O3S/c1-15(20-12-16-6-2-3-9-19(16)26-20)22-21(24)23(13-17-7-4-10-25-17)14-18-8-5-11-27-18/h2-3,5-6,8-9,11-12,15,17H,4,7,10,13-14H2,1H3,(H,22,24). The van der Waals surface area contributed by atoms with Gasteiger partial charge in [0, 0.05) is 23.4 Å². The monoisotopic (exact) mass is 384 g/mol. The van der Waals surface area contributed by atoms with Crippen molar-refractivity contribution in [1.29, 1.82) is 0 Å². The number of amides is 2. The third-order valence-corrected chi connectivity index (χ3v) is 5.73. The molecule has 5 nitrogen and oxygen atoms in total. The highest BCUT2D eigenvalue weighted by atomic mass is 32.1. The number of thiophene rings is 1. The van der Waals surface area contributed by atoms with Crippen molar-refractivity contribution in [3.05, 3.63) is 58.5 Å². The molecule has 2 atom stereocenters. The van der Waals surface area contributed by atoms with E-state index in [9.17, 15) is 4.79 Å². The number of hydrogen-bond acceptors (Lipinski definition) is 4. The van der Waals surface area contributed by atoms with Crippen LogP contribution in [0.1, 0.15) is 36.4 Å². The fraction of sp³-hybridized carbons (Fsp3) is 0.381. The van der Waals surface area contributed by atoms with E-state index in [0.29, 0.717) is 13.1 Å². The lowest BCUT2D eigenvalue weighted by atomic mass is 10.2. The number of nitrogens with one attached hydrogen (secondary N) is 1. The van der Waals surface area contributed by atoms with Gasteiger partial charge in [0.2, 0.25) is 0 Å². The van der Waals surface area contributed by atoms with E-state index >= 15 is 0 Å². The highest BCUT2D eigenvalue weighted by molar-refractivity contribution is 7.09. The Morgan fingerprint density at radius 2 is 2.22 bits per heavy atom. The van der Waals surface area contributed by atoms with Gasteiger partial charge in [-0.25, -0.2) is 4.79 Å². The van der Waals surface area contributed by atoms with E-state index in [1.54, 1.807) is 11.3 Å². The first kappa shape index (κ1) is 18.1. The van der Waals surface area contributed by atoms with Crippen molar-refractivity contribution < 1.29 is 13.9 Å². The van der Waals surface area contributed by atoms with Gasteiger partial charge in [-0.15, -0.1) is 11.3 Å². The third-order valence-electron chi connectivity index (χ3n) is 4.87. The van der Waals surface area contributed by atoms with Gasteiger partial charge in [0.05, 0.1) is 18.7 Å². The number of para-hydroxylation sites is 1. The number of hydrogen-bond donors (Lipinski definition) is 1. The summed E-state index contributed by atoms with van der Waals surface area (Å²) in [6.07, 6.45) is 2.19. The molecular weight excluding hydrogens is 360 g/mol. The number of carbonyl (C=O) groups excluding carboxylic acids is 1. The molecule has 3 aromatic rings. The summed E-state index contributed by atoms with van der Waals surface area (Å²) in [7, 11) is 0. The van der Waals surface area contributed by atoms with Crippen LogP contribution in [0.15, 0.2) is 52.3 Å². The van der Waals surface area contributed by atoms with Crippen molar-refractivity contribution in [2.75, 3.05) is 13.2 Å². The van der Waals surface area contributed by atoms with Crippen LogP contribution in [-0.2, 0) is 11.3 Å². The van der Waals surface area contributed by atoms with Crippen molar-refractivity contribution >= 4 is 28.3 Å². The van der Waals surface area contributed by atoms with Gasteiger partial charge in [0.25, 0.3) is 0 Å². The van der Waals surface area contributed by atoms with Crippen LogP contribution < -0.4 is 5.32 Å². The summed E-state index contributed by atoms with van der Waals surface area (Å²) < 4.78 is 11.6. The number of nitrogens with zero attached hydrogens (tertiary/aromatic N) is 1. The van der Waals surface area contributed by atoms with Crippen molar-refractivity contribution in [2.45, 2.75) is 38.5 Å². The lowest BCUT2D eigenvalue weighted by Crippen LogP contribution is -2.43. The zero-order chi connectivity index (χ0) is 18.6. The van der Waals surface area contributed by atoms with Crippen LogP contribution in [0.25, 0.3) is 11.0 Å². The van der Waals surface area contributed by atoms with Gasteiger partial charge in [0.1, 0.15) is 11.3 Å². The molecule has 1 N–H and O–H groups in total. The number of carbonyl (C=O) groups is 1. The molecule has 142 valence electrons. The van der Waals surface area contributed by atoms with Crippen molar-refractivity contribution in [1.82, 2.24) is 10.2 Å². The van der Waals surface area contributed by atoms with Gasteiger partial charge >= 0.3 is 6.03 Å². The van der Waals surface area contributed by atoms with E-state index in [1.165, 1.54) is 4.88 Å². The van der Waals surface area contributed by atoms with Crippen LogP contribution in [0.4, 0.5) is 4.79 Å². The van der Waals surface area contributed by atoms with Crippen LogP contribution in [0.3, 0.4) is 0 Å². The summed E-state index contributed by atoms with van der Waals surface area (Å²) in [5.74, 6) is 0.762. The summed E-state index contributed by atoms with van der Waals surface area (Å²) in [5, 5.41) is 6.17. The Morgan fingerprint density at radius 1 is 1.33 bits per heavy atom. The van der Waals surface area contributed by atoms with Gasteiger partial charge in [-0.2, -0.15) is 0 Å². The van der Waals surface area contributed by atoms with Crippen molar-refractivity contribution in [3.8, 4) is 0 Å². The number of benzene rings is 1. The molecule has 2 amide bonds. The van der Waals surface area contributed by atoms with Crippen molar-refractivity contribution in [3.63, 3.8) is 0 Å². The van der Waals surface area contributed by atoms with Gasteiger partial charge in [-0.1, -0.05) is 24.3 Å². The quantitative estimate of drug-likeness (QED) is 0.654. The zero-order valence-corrected chi connectivity index (χ0v) is 16.2. The largest absolute Gasteiger partial charge is 0.459 e. The van der Waals surface area contributed by atoms with Gasteiger partial charge in [-0.3, -0.25) is 0 Å². The average Bonchev–Trinajstić information content (AvgIpc) is 3.42. The predicted octanol–water partition coefficient (Wildman–Crippen LogP) is 4.95. The maximum absolute atomic E-state index is 13.0. The highest BCUT2D eigenvalue weighted by Gasteiger charge is 2.25. The first-order valence-electron chi connectivity index (χ1n) is 9.37. The van der Waals surface area contributed by atoms with E-state index in [1.807, 2.05) is 53.6 Å². The second-order valence-electron chi connectivity index (χ2n) is 6.95. The van der Waals surface area contributed by atoms with Gasteiger partial charge < -0.3 is 19.4 Å². The molecule has 27 heavy (non-hydrogen) atoms. The van der Waals surface area contributed by atoms with Crippen LogP contribution in [0, 0.1) is 0 Å². The summed E-state index contributed by atoms with van der Waals surface area (Å²) in [4.78, 5) is 16.0. The van der Waals surface area contributed by atoms with Gasteiger partial charge in [0.15, 0.2) is 0 Å². The maximum Gasteiger partial charge on any atom is 0.318 e. The Morgan fingerprint density at radius 3 is 2.96 bits per heavy atom. The Bertz CT molecular complexity index is 851. The predicted molar refractivity (Wildman–Crippen MR) is 107 cm³/mol. The molecule has 0 radical (unpaired) electrons. The summed E-state index contributed by atoms with van der Waals surface area (Å²) in [6.45, 7) is 3.94. The molecule has 0 saturated carbocycles. The van der Waals surface area contributed by atoms with E-state index in [4.69, 9.17) is 9.15 Å². The number of ether oxygens (including phenoxy) is 1. The molecule has 0 aliphatic carbocycles. The lowest BCUT2D eigenvalue weighted by molar-refractivity contribution is 0.0791. The molecule has 3 heterocycles. The molecule has 1 aliphatic rings. The molecule has 0 spiro atoms. The first-order valence-corrected chi connectivity index (χ1v) is 10.2. The Kier molecular flexibility index (Phi) is 5.45. The number of urea groups is 1. The zero-order valence-electron chi connectivity index (χ0n) is 15.4. The van der Waals surface area contributed by atoms with Crippen LogP contribution in [0.2, 0.25) is 0 Å². The fourth-order valence-corrected chi connectivity index (χ4v) is 4.13. The molecule has 1 saturated heterocycles. The Labute approximate surface area is 162 Å². The number of furan rings is 1. The van der Waals surface area contributed by atoms with Crippen LogP contribution >= 0.6 is 11.3 Å². The first-order chi connectivity index (χ1) is 13.2. The molecule has 6 heteroatoms. The second-order valence-corrected chi connectivity index (χ2v) is 7.98. The van der Waals surface area contributed by atoms with Crippen molar-refractivity contribution in [2.24, 2.45) is 0 Å². The highest BCUT2D eigenvalue weighted by Crippen LogP contribution is 2.24. The number of rotatable bonds is 6. The molecule has 1 aromatic carbocycles. The second kappa shape index (κ2) is 8.15. The minimum absolute atomic E-state index is 0.0909. The molecule has 1 aliphatic heterocycles. The lowest BCUT2D eigenvalue weighted by Gasteiger charge is -2.26. The molecule has 1 fully saturated rings. The molecule has 4 rings (SSSR count). The topological polar surface area (TPSA) is 54.7 Å². The SMILES string of the molecule is CC(NC(=O)N(Cc1cccs1)CC1CCCO1)c1cc2ccccc2o1. The van der Waals surface area contributed by atoms with E-state index in [2.05, 4.69) is 11.4 Å². The van der Waals surface area contributed by atoms with Crippen LogP contribution in [0.5, 0.6) is 0 Å². The average molecular weight is 385 g/mol. The Hall–Kier alpha value is -2.31. The van der Waals surface area contributed by atoms with E-state index in [0.717, 1.165) is 36.2 Å². The van der Waals surface area contributed by atoms with E-state index in [-0.39, 0.29) is 18.2 Å². The maximum atomic E-state index is 13.0. The fourth-order valence-electron chi connectivity index (χ4n) is 3.41.